The minimum atomic E-state index is 0.521. The van der Waals surface area contributed by atoms with Crippen molar-refractivity contribution in [1.29, 1.82) is 0 Å². The number of nitrogens with one attached hydrogen (secondary N) is 1. The van der Waals surface area contributed by atoms with E-state index in [9.17, 15) is 0 Å². The average Bonchev–Trinajstić information content (AvgIpc) is 2.88. The molecule has 0 aliphatic carbocycles. The number of anilines is 1. The Morgan fingerprint density at radius 3 is 2.80 bits per heavy atom. The minimum absolute atomic E-state index is 0.521. The molecule has 1 N–H and O–H groups in total. The van der Waals surface area contributed by atoms with Crippen LogP contribution < -0.4 is 5.32 Å². The molecule has 0 atom stereocenters. The lowest BCUT2D eigenvalue weighted by Crippen LogP contribution is -2.38. The predicted molar refractivity (Wildman–Crippen MR) is 83.0 cm³/mol. The van der Waals surface area contributed by atoms with Crippen molar-refractivity contribution in [2.75, 3.05) is 18.4 Å². The number of piperidine rings is 1. The van der Waals surface area contributed by atoms with Crippen molar-refractivity contribution in [3.8, 4) is 0 Å². The van der Waals surface area contributed by atoms with Gasteiger partial charge in [0.05, 0.1) is 0 Å². The molecule has 0 amide bonds. The Morgan fingerprint density at radius 2 is 2.15 bits per heavy atom. The van der Waals surface area contributed by atoms with Crippen molar-refractivity contribution in [2.45, 2.75) is 32.4 Å². The molecule has 1 fully saturated rings. The maximum atomic E-state index is 4.09. The summed E-state index contributed by atoms with van der Waals surface area (Å²) in [6, 6.07) is 8.89. The summed E-state index contributed by atoms with van der Waals surface area (Å²) in [6.45, 7) is 5.56. The topological polar surface area (TPSA) is 41.0 Å². The van der Waals surface area contributed by atoms with Gasteiger partial charge in [-0.3, -0.25) is 4.90 Å². The van der Waals surface area contributed by atoms with Gasteiger partial charge in [0.1, 0.15) is 5.82 Å². The van der Waals surface area contributed by atoms with Gasteiger partial charge >= 0.3 is 0 Å². The number of rotatable bonds is 4. The van der Waals surface area contributed by atoms with Crippen LogP contribution in [-0.2, 0) is 6.54 Å². The van der Waals surface area contributed by atoms with Gasteiger partial charge in [0, 0.05) is 41.6 Å². The van der Waals surface area contributed by atoms with Gasteiger partial charge in [-0.15, -0.1) is 16.4 Å². The normalized spacial score (nSPS) is 17.2. The second-order valence-corrected chi connectivity index (χ2v) is 6.69. The highest BCUT2D eigenvalue weighted by molar-refractivity contribution is 7.11. The SMILES string of the molecule is Cc1ccc(CN2CCC(Nc3cccnn3)CC2)s1. The van der Waals surface area contributed by atoms with E-state index in [0.717, 1.165) is 25.5 Å². The highest BCUT2D eigenvalue weighted by Gasteiger charge is 2.19. The number of aromatic nitrogens is 2. The van der Waals surface area contributed by atoms with Crippen molar-refractivity contribution >= 4 is 17.2 Å². The van der Waals surface area contributed by atoms with Gasteiger partial charge in [0.2, 0.25) is 0 Å². The van der Waals surface area contributed by atoms with Gasteiger partial charge in [-0.1, -0.05) is 0 Å². The van der Waals surface area contributed by atoms with Crippen LogP contribution in [0.1, 0.15) is 22.6 Å². The zero-order valence-electron chi connectivity index (χ0n) is 11.7. The molecule has 1 saturated heterocycles. The lowest BCUT2D eigenvalue weighted by Gasteiger charge is -2.32. The second kappa shape index (κ2) is 6.33. The van der Waals surface area contributed by atoms with Crippen molar-refractivity contribution in [3.63, 3.8) is 0 Å². The van der Waals surface area contributed by atoms with Gasteiger partial charge in [0.15, 0.2) is 0 Å². The molecule has 2 aromatic heterocycles. The van der Waals surface area contributed by atoms with Crippen molar-refractivity contribution in [2.24, 2.45) is 0 Å². The summed E-state index contributed by atoms with van der Waals surface area (Å²) in [5.74, 6) is 0.889. The first-order valence-corrected chi connectivity index (χ1v) is 7.93. The Balaban J connectivity index is 1.47. The molecule has 106 valence electrons. The Morgan fingerprint density at radius 1 is 1.30 bits per heavy atom. The van der Waals surface area contributed by atoms with E-state index in [0.29, 0.717) is 6.04 Å². The van der Waals surface area contributed by atoms with Crippen LogP contribution in [-0.4, -0.2) is 34.2 Å². The Labute approximate surface area is 123 Å². The molecule has 20 heavy (non-hydrogen) atoms. The van der Waals surface area contributed by atoms with E-state index in [1.54, 1.807) is 6.20 Å². The molecular formula is C15H20N4S. The monoisotopic (exact) mass is 288 g/mol. The fourth-order valence-electron chi connectivity index (χ4n) is 2.61. The molecule has 1 aliphatic rings. The third-order valence-electron chi connectivity index (χ3n) is 3.69. The Hall–Kier alpha value is -1.46. The van der Waals surface area contributed by atoms with Crippen LogP contribution in [0.5, 0.6) is 0 Å². The van der Waals surface area contributed by atoms with Crippen molar-refractivity contribution < 1.29 is 0 Å². The van der Waals surface area contributed by atoms with E-state index in [-0.39, 0.29) is 0 Å². The van der Waals surface area contributed by atoms with E-state index in [1.165, 1.54) is 22.6 Å². The number of hydrogen-bond acceptors (Lipinski definition) is 5. The molecule has 0 spiro atoms. The first-order valence-electron chi connectivity index (χ1n) is 7.11. The lowest BCUT2D eigenvalue weighted by atomic mass is 10.1. The van der Waals surface area contributed by atoms with Crippen LogP contribution in [0.2, 0.25) is 0 Å². The second-order valence-electron chi connectivity index (χ2n) is 5.32. The Bertz CT molecular complexity index is 532. The molecule has 2 aromatic rings. The largest absolute Gasteiger partial charge is 0.366 e. The van der Waals surface area contributed by atoms with Gasteiger partial charge in [-0.05, 0) is 44.0 Å². The molecule has 4 nitrogen and oxygen atoms in total. The van der Waals surface area contributed by atoms with E-state index in [4.69, 9.17) is 0 Å². The molecule has 0 radical (unpaired) electrons. The van der Waals surface area contributed by atoms with Gasteiger partial charge in [0.25, 0.3) is 0 Å². The molecule has 3 rings (SSSR count). The molecule has 0 aromatic carbocycles. The van der Waals surface area contributed by atoms with Crippen LogP contribution in [0.3, 0.4) is 0 Å². The molecule has 5 heteroatoms. The summed E-state index contributed by atoms with van der Waals surface area (Å²) in [5.41, 5.74) is 0. The average molecular weight is 288 g/mol. The molecule has 3 heterocycles. The molecule has 0 bridgehead atoms. The van der Waals surface area contributed by atoms with E-state index >= 15 is 0 Å². The van der Waals surface area contributed by atoms with Crippen molar-refractivity contribution in [3.05, 3.63) is 40.2 Å². The smallest absolute Gasteiger partial charge is 0.148 e. The summed E-state index contributed by atoms with van der Waals surface area (Å²) in [5, 5.41) is 11.5. The summed E-state index contributed by atoms with van der Waals surface area (Å²) >= 11 is 1.91. The molecule has 0 unspecified atom stereocenters. The quantitative estimate of drug-likeness (QED) is 0.939. The van der Waals surface area contributed by atoms with Crippen LogP contribution in [0.15, 0.2) is 30.5 Å². The fourth-order valence-corrected chi connectivity index (χ4v) is 3.55. The number of thiophene rings is 1. The third-order valence-corrected chi connectivity index (χ3v) is 4.67. The number of aryl methyl sites for hydroxylation is 1. The lowest BCUT2D eigenvalue weighted by molar-refractivity contribution is 0.213. The number of nitrogens with zero attached hydrogens (tertiary/aromatic N) is 3. The summed E-state index contributed by atoms with van der Waals surface area (Å²) in [6.07, 6.45) is 4.04. The van der Waals surface area contributed by atoms with Gasteiger partial charge in [-0.2, -0.15) is 5.10 Å². The van der Waals surface area contributed by atoms with E-state index in [2.05, 4.69) is 39.5 Å². The summed E-state index contributed by atoms with van der Waals surface area (Å²) in [4.78, 5) is 5.42. The predicted octanol–water partition coefficient (Wildman–Crippen LogP) is 2.92. The first kappa shape index (κ1) is 13.5. The van der Waals surface area contributed by atoms with Crippen LogP contribution in [0.4, 0.5) is 5.82 Å². The van der Waals surface area contributed by atoms with Crippen LogP contribution >= 0.6 is 11.3 Å². The third kappa shape index (κ3) is 3.55. The maximum Gasteiger partial charge on any atom is 0.148 e. The highest BCUT2D eigenvalue weighted by atomic mass is 32.1. The standard InChI is InChI=1S/C15H20N4S/c1-12-4-5-14(20-12)11-19-9-6-13(7-10-19)17-15-3-2-8-16-18-15/h2-5,8,13H,6-7,9-11H2,1H3,(H,17,18). The van der Waals surface area contributed by atoms with E-state index in [1.807, 2.05) is 23.5 Å². The molecule has 1 aliphatic heterocycles. The number of likely N-dealkylation sites (tertiary alicyclic amines) is 1. The summed E-state index contributed by atoms with van der Waals surface area (Å²) < 4.78 is 0. The first-order chi connectivity index (χ1) is 9.79. The van der Waals surface area contributed by atoms with Crippen LogP contribution in [0, 0.1) is 6.92 Å². The van der Waals surface area contributed by atoms with Crippen molar-refractivity contribution in [1.82, 2.24) is 15.1 Å². The maximum absolute atomic E-state index is 4.09. The van der Waals surface area contributed by atoms with Crippen LogP contribution in [0.25, 0.3) is 0 Å². The number of hydrogen-bond donors (Lipinski definition) is 1. The van der Waals surface area contributed by atoms with Gasteiger partial charge in [-0.25, -0.2) is 0 Å². The molecule has 0 saturated carbocycles. The zero-order chi connectivity index (χ0) is 13.8. The minimum Gasteiger partial charge on any atom is -0.366 e. The fraction of sp³-hybridized carbons (Fsp3) is 0.467. The van der Waals surface area contributed by atoms with E-state index < -0.39 is 0 Å². The zero-order valence-corrected chi connectivity index (χ0v) is 12.6. The highest BCUT2D eigenvalue weighted by Crippen LogP contribution is 2.20. The van der Waals surface area contributed by atoms with Gasteiger partial charge < -0.3 is 5.32 Å². The molecular weight excluding hydrogens is 268 g/mol. The Kier molecular flexibility index (Phi) is 4.28. The summed E-state index contributed by atoms with van der Waals surface area (Å²) in [7, 11) is 0.